The minimum absolute atomic E-state index is 0.00644. The van der Waals surface area contributed by atoms with Gasteiger partial charge < -0.3 is 24.6 Å². The van der Waals surface area contributed by atoms with Gasteiger partial charge in [-0.3, -0.25) is 9.78 Å². The maximum absolute atomic E-state index is 13.0. The van der Waals surface area contributed by atoms with Crippen LogP contribution in [0.4, 0.5) is 10.5 Å². The van der Waals surface area contributed by atoms with Gasteiger partial charge in [-0.2, -0.15) is 0 Å². The molecule has 1 aromatic carbocycles. The molecule has 174 valence electrons. The van der Waals surface area contributed by atoms with Crippen molar-refractivity contribution in [2.24, 2.45) is 11.8 Å². The third-order valence-electron chi connectivity index (χ3n) is 6.89. The van der Waals surface area contributed by atoms with Crippen molar-refractivity contribution in [3.05, 3.63) is 42.7 Å². The summed E-state index contributed by atoms with van der Waals surface area (Å²) in [6, 6.07) is 9.83. The molecule has 33 heavy (non-hydrogen) atoms. The number of morpholine rings is 1. The first-order valence-electron chi connectivity index (χ1n) is 11.8. The molecule has 0 aliphatic carbocycles. The predicted molar refractivity (Wildman–Crippen MR) is 124 cm³/mol. The molecule has 8 heteroatoms. The van der Waals surface area contributed by atoms with Gasteiger partial charge in [0.2, 0.25) is 5.91 Å². The molecule has 3 aliphatic heterocycles. The van der Waals surface area contributed by atoms with E-state index in [0.29, 0.717) is 63.9 Å². The quantitative estimate of drug-likeness (QED) is 0.721. The summed E-state index contributed by atoms with van der Waals surface area (Å²) in [5.41, 5.74) is 2.67. The summed E-state index contributed by atoms with van der Waals surface area (Å²) in [7, 11) is 0. The van der Waals surface area contributed by atoms with E-state index < -0.39 is 0 Å². The van der Waals surface area contributed by atoms with Gasteiger partial charge in [0.05, 0.1) is 25.5 Å². The summed E-state index contributed by atoms with van der Waals surface area (Å²) in [6.07, 6.45) is 5.65. The number of piperidine rings is 1. The van der Waals surface area contributed by atoms with Crippen LogP contribution in [0.5, 0.6) is 5.75 Å². The number of benzene rings is 1. The van der Waals surface area contributed by atoms with E-state index in [4.69, 9.17) is 9.47 Å². The van der Waals surface area contributed by atoms with Gasteiger partial charge in [-0.25, -0.2) is 4.79 Å². The van der Waals surface area contributed by atoms with Crippen LogP contribution in [0.15, 0.2) is 42.7 Å². The SMILES string of the molecule is O=C1C[C@@H]2CCN(C(=O)N3CCOCC3)C[C@@H]2CCOc2ccc(-c3cccnc3)cc2N1. The van der Waals surface area contributed by atoms with Crippen molar-refractivity contribution in [2.75, 3.05) is 51.3 Å². The third kappa shape index (κ3) is 4.95. The van der Waals surface area contributed by atoms with Crippen molar-refractivity contribution in [3.8, 4) is 16.9 Å². The molecule has 5 rings (SSSR count). The van der Waals surface area contributed by atoms with Crippen LogP contribution < -0.4 is 10.1 Å². The number of nitrogens with zero attached hydrogens (tertiary/aromatic N) is 3. The number of likely N-dealkylation sites (tertiary alicyclic amines) is 1. The predicted octanol–water partition coefficient (Wildman–Crippen LogP) is 3.25. The molecule has 2 saturated heterocycles. The van der Waals surface area contributed by atoms with E-state index in [-0.39, 0.29) is 23.8 Å². The summed E-state index contributed by atoms with van der Waals surface area (Å²) in [5.74, 6) is 1.15. The average molecular weight is 451 g/mol. The molecule has 0 spiro atoms. The Bertz CT molecular complexity index is 993. The monoisotopic (exact) mass is 450 g/mol. The fourth-order valence-electron chi connectivity index (χ4n) is 5.03. The molecular formula is C25H30N4O4. The van der Waals surface area contributed by atoms with Crippen LogP contribution in [0.2, 0.25) is 0 Å². The zero-order chi connectivity index (χ0) is 22.6. The maximum Gasteiger partial charge on any atom is 0.320 e. The number of anilines is 1. The number of hydrogen-bond acceptors (Lipinski definition) is 5. The van der Waals surface area contributed by atoms with Crippen molar-refractivity contribution in [1.29, 1.82) is 0 Å². The first-order chi connectivity index (χ1) is 16.2. The molecule has 8 nitrogen and oxygen atoms in total. The fourth-order valence-corrected chi connectivity index (χ4v) is 5.03. The third-order valence-corrected chi connectivity index (χ3v) is 6.89. The molecule has 0 radical (unpaired) electrons. The van der Waals surface area contributed by atoms with Gasteiger partial charge >= 0.3 is 6.03 Å². The van der Waals surface area contributed by atoms with Crippen molar-refractivity contribution < 1.29 is 19.1 Å². The van der Waals surface area contributed by atoms with E-state index >= 15 is 0 Å². The largest absolute Gasteiger partial charge is 0.491 e. The van der Waals surface area contributed by atoms with Crippen molar-refractivity contribution >= 4 is 17.6 Å². The highest BCUT2D eigenvalue weighted by atomic mass is 16.5. The number of nitrogens with one attached hydrogen (secondary N) is 1. The lowest BCUT2D eigenvalue weighted by Gasteiger charge is -2.41. The van der Waals surface area contributed by atoms with Gasteiger partial charge in [0.25, 0.3) is 0 Å². The van der Waals surface area contributed by atoms with Crippen molar-refractivity contribution in [3.63, 3.8) is 0 Å². The normalized spacial score (nSPS) is 23.6. The van der Waals surface area contributed by atoms with E-state index in [0.717, 1.165) is 24.0 Å². The average Bonchev–Trinajstić information content (AvgIpc) is 2.86. The molecule has 3 aliphatic rings. The molecule has 2 aromatic rings. The Morgan fingerprint density at radius 1 is 1.00 bits per heavy atom. The number of hydrogen-bond donors (Lipinski definition) is 1. The highest BCUT2D eigenvalue weighted by molar-refractivity contribution is 5.93. The highest BCUT2D eigenvalue weighted by Crippen LogP contribution is 2.35. The Balaban J connectivity index is 1.29. The minimum atomic E-state index is -0.00644. The van der Waals surface area contributed by atoms with Gasteiger partial charge in [-0.1, -0.05) is 12.1 Å². The lowest BCUT2D eigenvalue weighted by Crippen LogP contribution is -2.52. The summed E-state index contributed by atoms with van der Waals surface area (Å²) in [5, 5.41) is 3.07. The molecule has 0 unspecified atom stereocenters. The zero-order valence-corrected chi connectivity index (χ0v) is 18.7. The van der Waals surface area contributed by atoms with Gasteiger partial charge in [-0.05, 0) is 48.4 Å². The molecule has 0 bridgehead atoms. The van der Waals surface area contributed by atoms with E-state index in [9.17, 15) is 9.59 Å². The van der Waals surface area contributed by atoms with Crippen LogP contribution in [-0.2, 0) is 9.53 Å². The Kier molecular flexibility index (Phi) is 6.44. The van der Waals surface area contributed by atoms with Gasteiger partial charge in [0.1, 0.15) is 5.75 Å². The minimum Gasteiger partial charge on any atom is -0.491 e. The zero-order valence-electron chi connectivity index (χ0n) is 18.7. The second-order valence-electron chi connectivity index (χ2n) is 8.98. The second kappa shape index (κ2) is 9.79. The van der Waals surface area contributed by atoms with Gasteiger partial charge in [-0.15, -0.1) is 0 Å². The molecule has 4 heterocycles. The van der Waals surface area contributed by atoms with Crippen LogP contribution in [0, 0.1) is 11.8 Å². The Morgan fingerprint density at radius 3 is 2.70 bits per heavy atom. The number of aromatic nitrogens is 1. The van der Waals surface area contributed by atoms with Crippen molar-refractivity contribution in [2.45, 2.75) is 19.3 Å². The number of fused-ring (bicyclic) bond motifs is 2. The summed E-state index contributed by atoms with van der Waals surface area (Å²) < 4.78 is 11.5. The summed E-state index contributed by atoms with van der Waals surface area (Å²) >= 11 is 0. The Labute approximate surface area is 193 Å². The Hall–Kier alpha value is -3.13. The number of rotatable bonds is 1. The molecule has 2 atom stereocenters. The second-order valence-corrected chi connectivity index (χ2v) is 8.98. The van der Waals surface area contributed by atoms with Crippen molar-refractivity contribution in [1.82, 2.24) is 14.8 Å². The first kappa shape index (κ1) is 21.7. The number of pyridine rings is 1. The van der Waals surface area contributed by atoms with Gasteiger partial charge in [0, 0.05) is 50.6 Å². The molecule has 1 N–H and O–H groups in total. The molecule has 0 saturated carbocycles. The number of ether oxygens (including phenoxy) is 2. The number of carbonyl (C=O) groups is 2. The van der Waals surface area contributed by atoms with Crippen LogP contribution >= 0.6 is 0 Å². The number of carbonyl (C=O) groups excluding carboxylic acids is 2. The number of urea groups is 1. The maximum atomic E-state index is 13.0. The topological polar surface area (TPSA) is 84.0 Å². The number of amides is 3. The van der Waals surface area contributed by atoms with E-state index in [1.54, 1.807) is 12.4 Å². The molecular weight excluding hydrogens is 420 g/mol. The van der Waals surface area contributed by atoms with Gasteiger partial charge in [0.15, 0.2) is 0 Å². The van der Waals surface area contributed by atoms with Crippen LogP contribution in [0.3, 0.4) is 0 Å². The lowest BCUT2D eigenvalue weighted by atomic mass is 9.81. The van der Waals surface area contributed by atoms with Crippen LogP contribution in [0.1, 0.15) is 19.3 Å². The lowest BCUT2D eigenvalue weighted by molar-refractivity contribution is -0.118. The van der Waals surface area contributed by atoms with E-state index in [1.165, 1.54) is 0 Å². The molecule has 2 fully saturated rings. The standard InChI is InChI=1S/C25H30N4O4/c30-24-15-19-5-8-29(25(31)28-9-12-32-13-10-28)17-21(19)6-11-33-23-4-3-18(14-22(23)27-24)20-2-1-7-26-16-20/h1-4,7,14,16,19,21H,5-6,8-13,15,17H2,(H,27,30)/t19-,21-/m0/s1. The van der Waals surface area contributed by atoms with E-state index in [2.05, 4.69) is 10.3 Å². The van der Waals surface area contributed by atoms with Crippen LogP contribution in [0.25, 0.3) is 11.1 Å². The summed E-state index contributed by atoms with van der Waals surface area (Å²) in [4.78, 5) is 33.9. The smallest absolute Gasteiger partial charge is 0.320 e. The molecule has 1 aromatic heterocycles. The van der Waals surface area contributed by atoms with E-state index in [1.807, 2.05) is 40.1 Å². The highest BCUT2D eigenvalue weighted by Gasteiger charge is 2.35. The molecule has 3 amide bonds. The fraction of sp³-hybridized carbons (Fsp3) is 0.480. The summed E-state index contributed by atoms with van der Waals surface area (Å²) in [6.45, 7) is 4.40. The Morgan fingerprint density at radius 2 is 1.88 bits per heavy atom. The first-order valence-corrected chi connectivity index (χ1v) is 11.8. The van der Waals surface area contributed by atoms with Crippen LogP contribution in [-0.4, -0.2) is 72.7 Å².